The number of phenols is 1. The Morgan fingerprint density at radius 3 is 2.77 bits per heavy atom. The number of nitrogens with one attached hydrogen (secondary N) is 2. The van der Waals surface area contributed by atoms with Crippen molar-refractivity contribution in [3.8, 4) is 5.75 Å². The highest BCUT2D eigenvalue weighted by Gasteiger charge is 2.13. The van der Waals surface area contributed by atoms with Crippen LogP contribution >= 0.6 is 0 Å². The van der Waals surface area contributed by atoms with E-state index in [1.165, 1.54) is 31.4 Å². The second-order valence-electron chi connectivity index (χ2n) is 5.57. The van der Waals surface area contributed by atoms with Crippen LogP contribution in [0.1, 0.15) is 44.3 Å². The predicted molar refractivity (Wildman–Crippen MR) is 88.2 cm³/mol. The monoisotopic (exact) mass is 304 g/mol. The maximum absolute atomic E-state index is 11.4. The Morgan fingerprint density at radius 2 is 2.00 bits per heavy atom. The summed E-state index contributed by atoms with van der Waals surface area (Å²) in [5, 5.41) is 24.1. The maximum Gasteiger partial charge on any atom is 0.248 e. The van der Waals surface area contributed by atoms with E-state index >= 15 is 0 Å². The standard InChI is InChI=1S/C17H24N2O3/c1-2-3-4-5-10-18-11-15(21)12-6-8-14(20)17-13(12)7-9-16(22)19-17/h6-9,15,18,20-21H,2-5,10-11H2,1H3,(H,19,22)/t15-/m1/s1. The van der Waals surface area contributed by atoms with Crippen molar-refractivity contribution in [2.24, 2.45) is 0 Å². The summed E-state index contributed by atoms with van der Waals surface area (Å²) in [6.07, 6.45) is 4.06. The van der Waals surface area contributed by atoms with Crippen molar-refractivity contribution < 1.29 is 10.2 Å². The van der Waals surface area contributed by atoms with Gasteiger partial charge in [-0.25, -0.2) is 0 Å². The molecular weight excluding hydrogens is 280 g/mol. The molecule has 0 aliphatic rings. The Bertz CT molecular complexity index is 666. The number of aromatic hydroxyl groups is 1. The summed E-state index contributed by atoms with van der Waals surface area (Å²) in [6, 6.07) is 6.22. The molecule has 5 nitrogen and oxygen atoms in total. The van der Waals surface area contributed by atoms with Gasteiger partial charge in [-0.2, -0.15) is 0 Å². The van der Waals surface area contributed by atoms with Crippen LogP contribution in [0.2, 0.25) is 0 Å². The van der Waals surface area contributed by atoms with E-state index in [1.807, 2.05) is 0 Å². The SMILES string of the molecule is CCCCCCNC[C@@H](O)c1ccc(O)c2[nH]c(=O)ccc12. The van der Waals surface area contributed by atoms with Gasteiger partial charge in [0.1, 0.15) is 5.75 Å². The number of aromatic nitrogens is 1. The Labute approximate surface area is 130 Å². The van der Waals surface area contributed by atoms with Crippen molar-refractivity contribution in [1.82, 2.24) is 10.3 Å². The van der Waals surface area contributed by atoms with Crippen LogP contribution in [-0.2, 0) is 0 Å². The summed E-state index contributed by atoms with van der Waals surface area (Å²) >= 11 is 0. The van der Waals surface area contributed by atoms with Gasteiger partial charge in [-0.3, -0.25) is 4.79 Å². The second-order valence-corrected chi connectivity index (χ2v) is 5.57. The van der Waals surface area contributed by atoms with Crippen molar-refractivity contribution >= 4 is 10.9 Å². The summed E-state index contributed by atoms with van der Waals surface area (Å²) < 4.78 is 0. The van der Waals surface area contributed by atoms with Gasteiger partial charge in [-0.05, 0) is 30.7 Å². The predicted octanol–water partition coefficient (Wildman–Crippen LogP) is 2.44. The second kappa shape index (κ2) is 7.96. The van der Waals surface area contributed by atoms with Crippen LogP contribution in [0.15, 0.2) is 29.1 Å². The number of unbranched alkanes of at least 4 members (excludes halogenated alkanes) is 3. The molecule has 0 aliphatic carbocycles. The zero-order chi connectivity index (χ0) is 15.9. The van der Waals surface area contributed by atoms with E-state index in [0.717, 1.165) is 13.0 Å². The molecule has 2 rings (SSSR count). The van der Waals surface area contributed by atoms with Gasteiger partial charge < -0.3 is 20.5 Å². The lowest BCUT2D eigenvalue weighted by atomic mass is 10.0. The highest BCUT2D eigenvalue weighted by atomic mass is 16.3. The van der Waals surface area contributed by atoms with Crippen molar-refractivity contribution in [1.29, 1.82) is 0 Å². The number of phenolic OH excluding ortho intramolecular Hbond substituents is 1. The van der Waals surface area contributed by atoms with Crippen LogP contribution in [0, 0.1) is 0 Å². The van der Waals surface area contributed by atoms with Gasteiger partial charge in [0, 0.05) is 18.0 Å². The maximum atomic E-state index is 11.4. The Morgan fingerprint density at radius 1 is 1.18 bits per heavy atom. The minimum Gasteiger partial charge on any atom is -0.506 e. The summed E-state index contributed by atoms with van der Waals surface area (Å²) in [6.45, 7) is 3.51. The first-order valence-electron chi connectivity index (χ1n) is 7.87. The third-order valence-electron chi connectivity index (χ3n) is 3.81. The molecule has 0 radical (unpaired) electrons. The molecule has 120 valence electrons. The summed E-state index contributed by atoms with van der Waals surface area (Å²) in [4.78, 5) is 14.0. The summed E-state index contributed by atoms with van der Waals surface area (Å²) in [5.41, 5.74) is 0.792. The third-order valence-corrected chi connectivity index (χ3v) is 3.81. The molecule has 1 aromatic carbocycles. The molecule has 5 heteroatoms. The van der Waals surface area contributed by atoms with E-state index in [-0.39, 0.29) is 11.3 Å². The van der Waals surface area contributed by atoms with Crippen LogP contribution in [0.5, 0.6) is 5.75 Å². The molecule has 1 heterocycles. The Balaban J connectivity index is 2.04. The molecule has 22 heavy (non-hydrogen) atoms. The number of benzene rings is 1. The fourth-order valence-corrected chi connectivity index (χ4v) is 2.58. The van der Waals surface area contributed by atoms with Crippen LogP contribution < -0.4 is 10.9 Å². The Kier molecular flexibility index (Phi) is 5.98. The topological polar surface area (TPSA) is 85.3 Å². The van der Waals surface area contributed by atoms with Crippen LogP contribution in [0.25, 0.3) is 10.9 Å². The third kappa shape index (κ3) is 4.08. The normalized spacial score (nSPS) is 12.6. The molecule has 0 fully saturated rings. The van der Waals surface area contributed by atoms with E-state index in [9.17, 15) is 15.0 Å². The number of rotatable bonds is 8. The molecule has 2 aromatic rings. The molecule has 4 N–H and O–H groups in total. The van der Waals surface area contributed by atoms with Gasteiger partial charge in [0.15, 0.2) is 0 Å². The molecule has 0 saturated heterocycles. The number of aromatic amines is 1. The number of hydrogen-bond donors (Lipinski definition) is 4. The van der Waals surface area contributed by atoms with Gasteiger partial charge >= 0.3 is 0 Å². The minimum absolute atomic E-state index is 0.0103. The molecule has 0 spiro atoms. The molecule has 0 bridgehead atoms. The summed E-state index contributed by atoms with van der Waals surface area (Å²) in [5.74, 6) is 0.0103. The molecule has 0 aliphatic heterocycles. The molecule has 0 saturated carbocycles. The number of aliphatic hydroxyl groups is 1. The van der Waals surface area contributed by atoms with Crippen LogP contribution in [0.3, 0.4) is 0 Å². The largest absolute Gasteiger partial charge is 0.506 e. The smallest absolute Gasteiger partial charge is 0.248 e. The summed E-state index contributed by atoms with van der Waals surface area (Å²) in [7, 11) is 0. The number of hydrogen-bond acceptors (Lipinski definition) is 4. The van der Waals surface area contributed by atoms with E-state index in [0.29, 0.717) is 23.0 Å². The van der Waals surface area contributed by atoms with Gasteiger partial charge in [-0.15, -0.1) is 0 Å². The minimum atomic E-state index is -0.680. The molecular formula is C17H24N2O3. The average molecular weight is 304 g/mol. The van der Waals surface area contributed by atoms with Crippen LogP contribution in [0.4, 0.5) is 0 Å². The first-order chi connectivity index (χ1) is 10.6. The lowest BCUT2D eigenvalue weighted by Gasteiger charge is -2.15. The fraction of sp³-hybridized carbons (Fsp3) is 0.471. The highest BCUT2D eigenvalue weighted by molar-refractivity contribution is 5.87. The highest BCUT2D eigenvalue weighted by Crippen LogP contribution is 2.28. The number of pyridine rings is 1. The Hall–Kier alpha value is -1.85. The lowest BCUT2D eigenvalue weighted by molar-refractivity contribution is 0.176. The fourth-order valence-electron chi connectivity index (χ4n) is 2.58. The van der Waals surface area contributed by atoms with Crippen LogP contribution in [-0.4, -0.2) is 28.3 Å². The number of H-pyrrole nitrogens is 1. The first-order valence-corrected chi connectivity index (χ1v) is 7.87. The van der Waals surface area contributed by atoms with Crippen molar-refractivity contribution in [3.63, 3.8) is 0 Å². The van der Waals surface area contributed by atoms with E-state index < -0.39 is 6.10 Å². The number of aliphatic hydroxyl groups excluding tert-OH is 1. The number of fused-ring (bicyclic) bond motifs is 1. The first kappa shape index (κ1) is 16.5. The molecule has 0 amide bonds. The average Bonchev–Trinajstić information content (AvgIpc) is 2.51. The quantitative estimate of drug-likeness (QED) is 0.564. The molecule has 1 atom stereocenters. The zero-order valence-electron chi connectivity index (χ0n) is 12.9. The zero-order valence-corrected chi connectivity index (χ0v) is 12.9. The van der Waals surface area contributed by atoms with Crippen molar-refractivity contribution in [2.45, 2.75) is 38.7 Å². The van der Waals surface area contributed by atoms with Crippen molar-refractivity contribution in [3.05, 3.63) is 40.2 Å². The van der Waals surface area contributed by atoms with E-state index in [2.05, 4.69) is 17.2 Å². The molecule has 1 aromatic heterocycles. The van der Waals surface area contributed by atoms with Gasteiger partial charge in [0.25, 0.3) is 0 Å². The van der Waals surface area contributed by atoms with Gasteiger partial charge in [-0.1, -0.05) is 32.3 Å². The van der Waals surface area contributed by atoms with Crippen molar-refractivity contribution in [2.75, 3.05) is 13.1 Å². The van der Waals surface area contributed by atoms with E-state index in [1.54, 1.807) is 12.1 Å². The van der Waals surface area contributed by atoms with E-state index in [4.69, 9.17) is 0 Å². The lowest BCUT2D eigenvalue weighted by Crippen LogP contribution is -2.22. The van der Waals surface area contributed by atoms with Gasteiger partial charge in [0.2, 0.25) is 5.56 Å². The molecule has 0 unspecified atom stereocenters. The van der Waals surface area contributed by atoms with Gasteiger partial charge in [0.05, 0.1) is 11.6 Å².